The first kappa shape index (κ1) is 27.4. The molecule has 5 heteroatoms. The van der Waals surface area contributed by atoms with E-state index in [4.69, 9.17) is 24.9 Å². The first-order valence-electron chi connectivity index (χ1n) is 11.7. The molecule has 27 heavy (non-hydrogen) atoms. The summed E-state index contributed by atoms with van der Waals surface area (Å²) in [6.07, 6.45) is 18.8. The van der Waals surface area contributed by atoms with Crippen molar-refractivity contribution < 1.29 is 13.3 Å². The maximum Gasteiger partial charge on any atom is 0.500 e. The van der Waals surface area contributed by atoms with Gasteiger partial charge in [-0.25, -0.2) is 0 Å². The van der Waals surface area contributed by atoms with Crippen LogP contribution in [-0.4, -0.2) is 34.5 Å². The SMILES string of the molecule is CCO[Si](CCCCCCCCCCCCCCCCCl)(OCC)OCC. The molecule has 0 aliphatic heterocycles. The summed E-state index contributed by atoms with van der Waals surface area (Å²) in [5.74, 6) is 0.828. The van der Waals surface area contributed by atoms with Crippen LogP contribution in [0.2, 0.25) is 6.04 Å². The number of rotatable bonds is 22. The number of hydrogen-bond acceptors (Lipinski definition) is 3. The molecule has 0 N–H and O–H groups in total. The summed E-state index contributed by atoms with van der Waals surface area (Å²) in [5, 5.41) is 0. The van der Waals surface area contributed by atoms with E-state index in [1.54, 1.807) is 0 Å². The van der Waals surface area contributed by atoms with E-state index in [-0.39, 0.29) is 0 Å². The Hall–Kier alpha value is 0.387. The van der Waals surface area contributed by atoms with Crippen LogP contribution in [0.3, 0.4) is 0 Å². The van der Waals surface area contributed by atoms with Crippen LogP contribution in [0.4, 0.5) is 0 Å². The zero-order valence-electron chi connectivity index (χ0n) is 18.5. The summed E-state index contributed by atoms with van der Waals surface area (Å²) in [7, 11) is -2.41. The summed E-state index contributed by atoms with van der Waals surface area (Å²) in [6.45, 7) is 8.13. The van der Waals surface area contributed by atoms with Gasteiger partial charge >= 0.3 is 8.80 Å². The van der Waals surface area contributed by atoms with Gasteiger partial charge in [-0.15, -0.1) is 11.6 Å². The number of halogens is 1. The fourth-order valence-corrected chi connectivity index (χ4v) is 6.43. The molecule has 0 saturated carbocycles. The van der Waals surface area contributed by atoms with Gasteiger partial charge in [0.2, 0.25) is 0 Å². The third kappa shape index (κ3) is 17.0. The highest BCUT2D eigenvalue weighted by Crippen LogP contribution is 2.21. The van der Waals surface area contributed by atoms with Crippen LogP contribution >= 0.6 is 11.6 Å². The molecule has 0 aromatic carbocycles. The minimum Gasteiger partial charge on any atom is -0.374 e. The molecule has 0 amide bonds. The van der Waals surface area contributed by atoms with Crippen LogP contribution in [0.1, 0.15) is 111 Å². The van der Waals surface area contributed by atoms with Crippen LogP contribution in [0.5, 0.6) is 0 Å². The molecular weight excluding hydrogens is 376 g/mol. The maximum atomic E-state index is 5.92. The van der Waals surface area contributed by atoms with Crippen LogP contribution in [-0.2, 0) is 13.3 Å². The highest BCUT2D eigenvalue weighted by atomic mass is 35.5. The van der Waals surface area contributed by atoms with Gasteiger partial charge in [-0.2, -0.15) is 0 Å². The molecule has 0 fully saturated rings. The molecule has 0 atom stereocenters. The lowest BCUT2D eigenvalue weighted by molar-refractivity contribution is 0.0706. The Balaban J connectivity index is 3.49. The number of alkyl halides is 1. The molecule has 0 unspecified atom stereocenters. The fourth-order valence-electron chi connectivity index (χ4n) is 3.56. The fraction of sp³-hybridized carbons (Fsp3) is 1.00. The third-order valence-corrected chi connectivity index (χ3v) is 8.38. The van der Waals surface area contributed by atoms with E-state index in [2.05, 4.69) is 0 Å². The number of hydrogen-bond donors (Lipinski definition) is 0. The minimum absolute atomic E-state index is 0.680. The largest absolute Gasteiger partial charge is 0.500 e. The van der Waals surface area contributed by atoms with Crippen LogP contribution in [0.25, 0.3) is 0 Å². The Morgan fingerprint density at radius 2 is 0.778 bits per heavy atom. The normalized spacial score (nSPS) is 12.0. The van der Waals surface area contributed by atoms with Gasteiger partial charge in [0.05, 0.1) is 0 Å². The van der Waals surface area contributed by atoms with Gasteiger partial charge in [0, 0.05) is 31.7 Å². The van der Waals surface area contributed by atoms with Crippen molar-refractivity contribution in [1.29, 1.82) is 0 Å². The molecule has 164 valence electrons. The molecule has 0 rings (SSSR count). The van der Waals surface area contributed by atoms with E-state index in [0.717, 1.165) is 18.3 Å². The van der Waals surface area contributed by atoms with Crippen molar-refractivity contribution in [2.75, 3.05) is 25.7 Å². The molecule has 0 bridgehead atoms. The van der Waals surface area contributed by atoms with Crippen molar-refractivity contribution in [3.05, 3.63) is 0 Å². The van der Waals surface area contributed by atoms with E-state index in [9.17, 15) is 0 Å². The Labute approximate surface area is 176 Å². The molecule has 0 saturated heterocycles. The molecule has 0 aliphatic rings. The van der Waals surface area contributed by atoms with Crippen molar-refractivity contribution in [3.63, 3.8) is 0 Å². The summed E-state index contributed by atoms with van der Waals surface area (Å²) in [4.78, 5) is 0. The molecule has 0 radical (unpaired) electrons. The van der Waals surface area contributed by atoms with Crippen molar-refractivity contribution in [2.45, 2.75) is 117 Å². The topological polar surface area (TPSA) is 27.7 Å². The average molecular weight is 423 g/mol. The summed E-state index contributed by atoms with van der Waals surface area (Å²) in [5.41, 5.74) is 0. The van der Waals surface area contributed by atoms with Crippen LogP contribution < -0.4 is 0 Å². The standard InChI is InChI=1S/C22H47ClO3Si/c1-4-24-27(25-5-2,26-6-3)22-20-18-16-14-12-10-8-7-9-11-13-15-17-19-21-23/h4-22H2,1-3H3. The average Bonchev–Trinajstić information content (AvgIpc) is 2.65. The lowest BCUT2D eigenvalue weighted by Crippen LogP contribution is -2.45. The van der Waals surface area contributed by atoms with Crippen molar-refractivity contribution in [1.82, 2.24) is 0 Å². The lowest BCUT2D eigenvalue weighted by atomic mass is 10.0. The van der Waals surface area contributed by atoms with Gasteiger partial charge in [-0.1, -0.05) is 77.0 Å². The van der Waals surface area contributed by atoms with Gasteiger partial charge in [-0.3, -0.25) is 0 Å². The van der Waals surface area contributed by atoms with E-state index in [1.165, 1.54) is 83.5 Å². The first-order chi connectivity index (χ1) is 13.2. The molecule has 0 spiro atoms. The summed E-state index contributed by atoms with van der Waals surface area (Å²) in [6, 6.07) is 0.966. The monoisotopic (exact) mass is 422 g/mol. The molecule has 0 aromatic rings. The highest BCUT2D eigenvalue weighted by Gasteiger charge is 2.39. The van der Waals surface area contributed by atoms with Crippen molar-refractivity contribution in [3.8, 4) is 0 Å². The maximum absolute atomic E-state index is 5.92. The Bertz CT molecular complexity index is 276. The number of unbranched alkanes of at least 4 members (excludes halogenated alkanes) is 13. The van der Waals surface area contributed by atoms with E-state index >= 15 is 0 Å². The zero-order valence-corrected chi connectivity index (χ0v) is 20.3. The quantitative estimate of drug-likeness (QED) is 0.101. The van der Waals surface area contributed by atoms with Crippen LogP contribution in [0, 0.1) is 0 Å². The predicted octanol–water partition coefficient (Wildman–Crippen LogP) is 7.74. The molecule has 0 aliphatic carbocycles. The predicted molar refractivity (Wildman–Crippen MR) is 121 cm³/mol. The lowest BCUT2D eigenvalue weighted by Gasteiger charge is -2.28. The Kier molecular flexibility index (Phi) is 21.4. The molecule has 0 aromatic heterocycles. The minimum atomic E-state index is -2.41. The second kappa shape index (κ2) is 21.1. The third-order valence-electron chi connectivity index (χ3n) is 4.96. The molecular formula is C22H47ClO3Si. The van der Waals surface area contributed by atoms with Gasteiger partial charge in [0.25, 0.3) is 0 Å². The van der Waals surface area contributed by atoms with Crippen molar-refractivity contribution >= 4 is 20.4 Å². The van der Waals surface area contributed by atoms with Crippen LogP contribution in [0.15, 0.2) is 0 Å². The van der Waals surface area contributed by atoms with Gasteiger partial charge in [0.1, 0.15) is 0 Å². The second-order valence-corrected chi connectivity index (χ2v) is 10.5. The highest BCUT2D eigenvalue weighted by molar-refractivity contribution is 6.60. The smallest absolute Gasteiger partial charge is 0.374 e. The summed E-state index contributed by atoms with van der Waals surface area (Å²) < 4.78 is 17.8. The second-order valence-electron chi connectivity index (χ2n) is 7.37. The molecule has 3 nitrogen and oxygen atoms in total. The molecule has 0 heterocycles. The first-order valence-corrected chi connectivity index (χ1v) is 14.2. The zero-order chi connectivity index (χ0) is 20.1. The summed E-state index contributed by atoms with van der Waals surface area (Å²) >= 11 is 5.70. The van der Waals surface area contributed by atoms with Gasteiger partial charge in [-0.05, 0) is 33.6 Å². The van der Waals surface area contributed by atoms with E-state index in [1.807, 2.05) is 20.8 Å². The van der Waals surface area contributed by atoms with Gasteiger partial charge in [0.15, 0.2) is 0 Å². The Morgan fingerprint density at radius 3 is 1.07 bits per heavy atom. The van der Waals surface area contributed by atoms with Gasteiger partial charge < -0.3 is 13.3 Å². The van der Waals surface area contributed by atoms with E-state index < -0.39 is 8.80 Å². The van der Waals surface area contributed by atoms with E-state index in [0.29, 0.717) is 19.8 Å². The van der Waals surface area contributed by atoms with Crippen molar-refractivity contribution in [2.24, 2.45) is 0 Å². The Morgan fingerprint density at radius 1 is 0.481 bits per heavy atom.